The fourth-order valence-electron chi connectivity index (χ4n) is 2.52. The van der Waals surface area contributed by atoms with Crippen LogP contribution in [0.5, 0.6) is 0 Å². The number of fused-ring (bicyclic) bond motifs is 3. The predicted molar refractivity (Wildman–Crippen MR) is 79.0 cm³/mol. The molecular formula is C14H12N4OS. The highest BCUT2D eigenvalue weighted by Gasteiger charge is 2.30. The van der Waals surface area contributed by atoms with Crippen molar-refractivity contribution in [1.29, 1.82) is 0 Å². The van der Waals surface area contributed by atoms with Crippen LogP contribution in [0.1, 0.15) is 27.2 Å². The maximum absolute atomic E-state index is 12.3. The van der Waals surface area contributed by atoms with E-state index in [-0.39, 0.29) is 12.1 Å². The van der Waals surface area contributed by atoms with Crippen LogP contribution in [-0.4, -0.2) is 15.9 Å². The number of benzene rings is 1. The third kappa shape index (κ3) is 1.55. The number of aryl methyl sites for hydroxylation is 1. The first kappa shape index (κ1) is 11.5. The number of hydrogen-bond donors (Lipinski definition) is 3. The number of rotatable bonds is 1. The minimum atomic E-state index is -0.292. The molecular weight excluding hydrogens is 272 g/mol. The van der Waals surface area contributed by atoms with Crippen molar-refractivity contribution in [3.63, 3.8) is 0 Å². The predicted octanol–water partition coefficient (Wildman–Crippen LogP) is 2.79. The maximum atomic E-state index is 12.3. The second-order valence-electron chi connectivity index (χ2n) is 4.77. The highest BCUT2D eigenvalue weighted by atomic mass is 32.1. The van der Waals surface area contributed by atoms with Crippen LogP contribution in [0, 0.1) is 6.92 Å². The minimum Gasteiger partial charge on any atom is -0.358 e. The van der Waals surface area contributed by atoms with Crippen LogP contribution in [-0.2, 0) is 0 Å². The SMILES string of the molecule is Cc1[nH]cnc1[C@H]1NC(=O)c2sc3ccccc3c2N1. The van der Waals surface area contributed by atoms with Crippen molar-refractivity contribution in [2.45, 2.75) is 13.1 Å². The van der Waals surface area contributed by atoms with Gasteiger partial charge >= 0.3 is 0 Å². The molecule has 1 aliphatic rings. The molecule has 0 fully saturated rings. The van der Waals surface area contributed by atoms with Gasteiger partial charge in [-0.25, -0.2) is 4.98 Å². The second kappa shape index (κ2) is 4.08. The Hall–Kier alpha value is -2.34. The van der Waals surface area contributed by atoms with Crippen molar-refractivity contribution < 1.29 is 4.79 Å². The van der Waals surface area contributed by atoms with Gasteiger partial charge in [0, 0.05) is 15.8 Å². The second-order valence-corrected chi connectivity index (χ2v) is 5.82. The van der Waals surface area contributed by atoms with Gasteiger partial charge in [-0.15, -0.1) is 11.3 Å². The lowest BCUT2D eigenvalue weighted by Gasteiger charge is -2.25. The summed E-state index contributed by atoms with van der Waals surface area (Å²) < 4.78 is 1.11. The van der Waals surface area contributed by atoms with Crippen LogP contribution in [0.4, 0.5) is 5.69 Å². The quantitative estimate of drug-likeness (QED) is 0.643. The van der Waals surface area contributed by atoms with E-state index in [2.05, 4.69) is 20.6 Å². The fraction of sp³-hybridized carbons (Fsp3) is 0.143. The van der Waals surface area contributed by atoms with E-state index in [0.717, 1.165) is 32.0 Å². The number of carbonyl (C=O) groups excluding carboxylic acids is 1. The van der Waals surface area contributed by atoms with E-state index >= 15 is 0 Å². The molecule has 20 heavy (non-hydrogen) atoms. The number of H-pyrrole nitrogens is 1. The molecule has 2 aromatic heterocycles. The van der Waals surface area contributed by atoms with Crippen LogP contribution in [0.25, 0.3) is 10.1 Å². The Kier molecular flexibility index (Phi) is 2.34. The lowest BCUT2D eigenvalue weighted by molar-refractivity contribution is 0.0939. The van der Waals surface area contributed by atoms with E-state index in [4.69, 9.17) is 0 Å². The number of carbonyl (C=O) groups is 1. The Morgan fingerprint density at radius 3 is 2.90 bits per heavy atom. The third-order valence-corrected chi connectivity index (χ3v) is 4.68. The summed E-state index contributed by atoms with van der Waals surface area (Å²) in [6.45, 7) is 1.94. The average Bonchev–Trinajstić information content (AvgIpc) is 3.03. The summed E-state index contributed by atoms with van der Waals surface area (Å²) in [5.41, 5.74) is 2.67. The van der Waals surface area contributed by atoms with Gasteiger partial charge in [0.25, 0.3) is 5.91 Å². The van der Waals surface area contributed by atoms with Gasteiger partial charge in [0.15, 0.2) is 0 Å². The van der Waals surface area contributed by atoms with Crippen molar-refractivity contribution in [3.05, 3.63) is 46.9 Å². The zero-order chi connectivity index (χ0) is 13.7. The van der Waals surface area contributed by atoms with Crippen molar-refractivity contribution in [3.8, 4) is 0 Å². The molecule has 0 saturated heterocycles. The highest BCUT2D eigenvalue weighted by Crippen LogP contribution is 2.39. The summed E-state index contributed by atoms with van der Waals surface area (Å²) in [7, 11) is 0. The van der Waals surface area contributed by atoms with Crippen molar-refractivity contribution in [2.75, 3.05) is 5.32 Å². The summed E-state index contributed by atoms with van der Waals surface area (Å²) in [6.07, 6.45) is 1.35. The van der Waals surface area contributed by atoms with Gasteiger partial charge in [-0.3, -0.25) is 4.79 Å². The molecule has 0 bridgehead atoms. The normalized spacial score (nSPS) is 17.6. The molecule has 1 aromatic carbocycles. The molecule has 100 valence electrons. The van der Waals surface area contributed by atoms with Crippen LogP contribution in [0.2, 0.25) is 0 Å². The number of amides is 1. The highest BCUT2D eigenvalue weighted by molar-refractivity contribution is 7.21. The van der Waals surface area contributed by atoms with E-state index in [0.29, 0.717) is 0 Å². The van der Waals surface area contributed by atoms with Crippen LogP contribution < -0.4 is 10.6 Å². The number of hydrogen-bond acceptors (Lipinski definition) is 4. The van der Waals surface area contributed by atoms with E-state index in [9.17, 15) is 4.79 Å². The van der Waals surface area contributed by atoms with Gasteiger partial charge < -0.3 is 15.6 Å². The molecule has 1 aliphatic heterocycles. The van der Waals surface area contributed by atoms with Crippen LogP contribution in [0.15, 0.2) is 30.6 Å². The van der Waals surface area contributed by atoms with Gasteiger partial charge in [0.2, 0.25) is 0 Å². The summed E-state index contributed by atoms with van der Waals surface area (Å²) >= 11 is 1.51. The number of imidazole rings is 1. The number of thiophene rings is 1. The third-order valence-electron chi connectivity index (χ3n) is 3.51. The largest absolute Gasteiger partial charge is 0.358 e. The lowest BCUT2D eigenvalue weighted by Crippen LogP contribution is -2.38. The molecule has 6 heteroatoms. The number of nitrogens with zero attached hydrogens (tertiary/aromatic N) is 1. The maximum Gasteiger partial charge on any atom is 0.265 e. The van der Waals surface area contributed by atoms with Crippen molar-refractivity contribution in [1.82, 2.24) is 15.3 Å². The topological polar surface area (TPSA) is 69.8 Å². The summed E-state index contributed by atoms with van der Waals surface area (Å²) in [5, 5.41) is 7.43. The van der Waals surface area contributed by atoms with Crippen molar-refractivity contribution >= 4 is 33.0 Å². The number of aromatic nitrogens is 2. The Bertz CT molecular complexity index is 820. The Labute approximate surface area is 119 Å². The first-order chi connectivity index (χ1) is 9.74. The van der Waals surface area contributed by atoms with Crippen molar-refractivity contribution in [2.24, 2.45) is 0 Å². The molecule has 5 nitrogen and oxygen atoms in total. The molecule has 0 spiro atoms. The monoisotopic (exact) mass is 284 g/mol. The average molecular weight is 284 g/mol. The Morgan fingerprint density at radius 1 is 1.25 bits per heavy atom. The van der Waals surface area contributed by atoms with Crippen LogP contribution in [0.3, 0.4) is 0 Å². The zero-order valence-electron chi connectivity index (χ0n) is 10.7. The molecule has 0 aliphatic carbocycles. The van der Waals surface area contributed by atoms with E-state index in [1.165, 1.54) is 11.3 Å². The van der Waals surface area contributed by atoms with Gasteiger partial charge in [-0.1, -0.05) is 18.2 Å². The fourth-order valence-corrected chi connectivity index (χ4v) is 3.59. The molecule has 4 rings (SSSR count). The smallest absolute Gasteiger partial charge is 0.265 e. The molecule has 3 heterocycles. The molecule has 0 radical (unpaired) electrons. The van der Waals surface area contributed by atoms with E-state index in [1.807, 2.05) is 31.2 Å². The van der Waals surface area contributed by atoms with Crippen LogP contribution >= 0.6 is 11.3 Å². The zero-order valence-corrected chi connectivity index (χ0v) is 11.5. The lowest BCUT2D eigenvalue weighted by atomic mass is 10.1. The van der Waals surface area contributed by atoms with Gasteiger partial charge in [0.1, 0.15) is 16.7 Å². The number of aromatic amines is 1. The molecule has 3 N–H and O–H groups in total. The van der Waals surface area contributed by atoms with E-state index < -0.39 is 0 Å². The summed E-state index contributed by atoms with van der Waals surface area (Å²) in [4.78, 5) is 20.3. The van der Waals surface area contributed by atoms with Gasteiger partial charge in [-0.05, 0) is 13.0 Å². The molecule has 1 amide bonds. The Balaban J connectivity index is 1.86. The standard InChI is InChI=1S/C14H12N4OS/c1-7-10(16-6-15-7)13-17-11-8-4-2-3-5-9(8)20-12(11)14(19)18-13/h2-6,13,17H,1H3,(H,15,16)(H,18,19)/t13-/m1/s1. The first-order valence-electron chi connectivity index (χ1n) is 6.33. The van der Waals surface area contributed by atoms with Gasteiger partial charge in [0.05, 0.1) is 12.0 Å². The Morgan fingerprint density at radius 2 is 2.10 bits per heavy atom. The number of anilines is 1. The molecule has 3 aromatic rings. The van der Waals surface area contributed by atoms with Gasteiger partial charge in [-0.2, -0.15) is 0 Å². The van der Waals surface area contributed by atoms with E-state index in [1.54, 1.807) is 6.33 Å². The first-order valence-corrected chi connectivity index (χ1v) is 7.14. The molecule has 0 saturated carbocycles. The molecule has 1 atom stereocenters. The summed E-state index contributed by atoms with van der Waals surface area (Å²) in [5.74, 6) is -0.0488. The summed E-state index contributed by atoms with van der Waals surface area (Å²) in [6, 6.07) is 8.03. The minimum absolute atomic E-state index is 0.0488. The molecule has 0 unspecified atom stereocenters. The number of nitrogens with one attached hydrogen (secondary N) is 3.